The number of hydrogen-bond acceptors (Lipinski definition) is 3. The van der Waals surface area contributed by atoms with Crippen LogP contribution in [0.25, 0.3) is 0 Å². The van der Waals surface area contributed by atoms with Crippen molar-refractivity contribution in [3.05, 3.63) is 10.7 Å². The number of nitrogen functional groups attached to an aromatic ring is 1. The third-order valence-electron chi connectivity index (χ3n) is 3.37. The molecule has 0 aromatic carbocycles. The molecule has 1 saturated heterocycles. The lowest BCUT2D eigenvalue weighted by molar-refractivity contribution is -0.0736. The van der Waals surface area contributed by atoms with Gasteiger partial charge in [-0.25, -0.2) is 4.68 Å². The van der Waals surface area contributed by atoms with Crippen molar-refractivity contribution in [3.8, 4) is 0 Å². The molecule has 0 aliphatic carbocycles. The van der Waals surface area contributed by atoms with Gasteiger partial charge in [0, 0.05) is 6.42 Å². The summed E-state index contributed by atoms with van der Waals surface area (Å²) in [5.41, 5.74) is 6.32. The third-order valence-corrected chi connectivity index (χ3v) is 3.84. The first kappa shape index (κ1) is 12.7. The van der Waals surface area contributed by atoms with E-state index in [1.807, 2.05) is 11.6 Å². The van der Waals surface area contributed by atoms with E-state index in [4.69, 9.17) is 22.1 Å². The van der Waals surface area contributed by atoms with Crippen LogP contribution in [0.2, 0.25) is 5.02 Å². The monoisotopic (exact) mass is 257 g/mol. The summed E-state index contributed by atoms with van der Waals surface area (Å²) < 4.78 is 7.86. The molecule has 2 heterocycles. The highest BCUT2D eigenvalue weighted by Crippen LogP contribution is 2.46. The fourth-order valence-corrected chi connectivity index (χ4v) is 2.82. The molecule has 96 valence electrons. The van der Waals surface area contributed by atoms with Crippen molar-refractivity contribution in [1.82, 2.24) is 9.78 Å². The molecule has 1 fully saturated rings. The molecule has 0 spiro atoms. The summed E-state index contributed by atoms with van der Waals surface area (Å²) in [6.07, 6.45) is 0.877. The molecule has 5 heteroatoms. The summed E-state index contributed by atoms with van der Waals surface area (Å²) in [4.78, 5) is 0. The Hall–Kier alpha value is -0.740. The van der Waals surface area contributed by atoms with Gasteiger partial charge in [-0.05, 0) is 34.6 Å². The van der Waals surface area contributed by atoms with E-state index in [-0.39, 0.29) is 17.2 Å². The highest BCUT2D eigenvalue weighted by Gasteiger charge is 2.48. The van der Waals surface area contributed by atoms with E-state index in [9.17, 15) is 0 Å². The number of rotatable bonds is 1. The summed E-state index contributed by atoms with van der Waals surface area (Å²) >= 11 is 6.09. The fourth-order valence-electron chi connectivity index (χ4n) is 2.70. The van der Waals surface area contributed by atoms with Crippen LogP contribution in [0.15, 0.2) is 0 Å². The van der Waals surface area contributed by atoms with Crippen LogP contribution in [0.3, 0.4) is 0 Å². The Balaban J connectivity index is 2.44. The van der Waals surface area contributed by atoms with Crippen LogP contribution < -0.4 is 5.73 Å². The number of hydrogen-bond donors (Lipinski definition) is 1. The Morgan fingerprint density at radius 2 is 2.00 bits per heavy atom. The number of aromatic nitrogens is 2. The second-order valence-corrected chi connectivity index (χ2v) is 6.29. The molecule has 1 aromatic heterocycles. The van der Waals surface area contributed by atoms with E-state index in [0.29, 0.717) is 10.8 Å². The first-order valence-electron chi connectivity index (χ1n) is 5.84. The predicted molar refractivity (Wildman–Crippen MR) is 69.3 cm³/mol. The van der Waals surface area contributed by atoms with E-state index in [1.54, 1.807) is 0 Å². The predicted octanol–water partition coefficient (Wildman–Crippen LogP) is 2.95. The second kappa shape index (κ2) is 3.62. The van der Waals surface area contributed by atoms with Crippen molar-refractivity contribution in [2.45, 2.75) is 58.3 Å². The van der Waals surface area contributed by atoms with Gasteiger partial charge in [-0.15, -0.1) is 0 Å². The van der Waals surface area contributed by atoms with Crippen molar-refractivity contribution in [2.24, 2.45) is 0 Å². The lowest BCUT2D eigenvalue weighted by atomic mass is 9.94. The Morgan fingerprint density at radius 1 is 1.41 bits per heavy atom. The van der Waals surface area contributed by atoms with Gasteiger partial charge in [0.2, 0.25) is 0 Å². The highest BCUT2D eigenvalue weighted by atomic mass is 35.5. The fraction of sp³-hybridized carbons (Fsp3) is 0.750. The first-order chi connectivity index (χ1) is 7.64. The molecule has 1 atom stereocenters. The zero-order valence-corrected chi connectivity index (χ0v) is 11.8. The Labute approximate surface area is 107 Å². The van der Waals surface area contributed by atoms with Gasteiger partial charge in [0.15, 0.2) is 0 Å². The van der Waals surface area contributed by atoms with E-state index in [0.717, 1.165) is 12.1 Å². The topological polar surface area (TPSA) is 53.1 Å². The van der Waals surface area contributed by atoms with E-state index >= 15 is 0 Å². The minimum atomic E-state index is -0.292. The number of aryl methyl sites for hydroxylation is 1. The van der Waals surface area contributed by atoms with Crippen LogP contribution in [-0.4, -0.2) is 21.0 Å². The van der Waals surface area contributed by atoms with Crippen molar-refractivity contribution in [2.75, 3.05) is 5.73 Å². The van der Waals surface area contributed by atoms with Crippen LogP contribution in [0, 0.1) is 6.92 Å². The number of halogens is 1. The maximum atomic E-state index is 6.09. The highest BCUT2D eigenvalue weighted by molar-refractivity contribution is 6.33. The number of ether oxygens (including phenoxy) is 1. The third kappa shape index (κ3) is 2.04. The normalized spacial score (nSPS) is 26.4. The maximum Gasteiger partial charge on any atom is 0.141 e. The molecule has 0 amide bonds. The minimum Gasteiger partial charge on any atom is -0.383 e. The number of nitrogens with two attached hydrogens (primary N) is 1. The SMILES string of the molecule is Cc1nn(C2CC(C)(C)OC2(C)C)c(N)c1Cl. The lowest BCUT2D eigenvalue weighted by Crippen LogP contribution is -2.32. The molecular weight excluding hydrogens is 238 g/mol. The Kier molecular flexibility index (Phi) is 2.71. The molecule has 1 aliphatic heterocycles. The van der Waals surface area contributed by atoms with Crippen molar-refractivity contribution >= 4 is 17.4 Å². The van der Waals surface area contributed by atoms with Gasteiger partial charge >= 0.3 is 0 Å². The van der Waals surface area contributed by atoms with Crippen LogP contribution in [0.1, 0.15) is 45.9 Å². The minimum absolute atomic E-state index is 0.115. The van der Waals surface area contributed by atoms with Gasteiger partial charge in [0.1, 0.15) is 10.8 Å². The lowest BCUT2D eigenvalue weighted by Gasteiger charge is -2.27. The quantitative estimate of drug-likeness (QED) is 0.842. The van der Waals surface area contributed by atoms with Crippen LogP contribution in [0.5, 0.6) is 0 Å². The average molecular weight is 258 g/mol. The van der Waals surface area contributed by atoms with Gasteiger partial charge in [-0.1, -0.05) is 11.6 Å². The Morgan fingerprint density at radius 3 is 2.35 bits per heavy atom. The zero-order valence-electron chi connectivity index (χ0n) is 11.0. The summed E-state index contributed by atoms with van der Waals surface area (Å²) in [6, 6.07) is 0.115. The van der Waals surface area contributed by atoms with Crippen LogP contribution in [0.4, 0.5) is 5.82 Å². The molecule has 0 bridgehead atoms. The van der Waals surface area contributed by atoms with Crippen LogP contribution in [-0.2, 0) is 4.74 Å². The summed E-state index contributed by atoms with van der Waals surface area (Å²) in [5.74, 6) is 0.531. The average Bonchev–Trinajstić information content (AvgIpc) is 2.53. The first-order valence-corrected chi connectivity index (χ1v) is 6.22. The van der Waals surface area contributed by atoms with E-state index < -0.39 is 0 Å². The van der Waals surface area contributed by atoms with Crippen molar-refractivity contribution in [3.63, 3.8) is 0 Å². The van der Waals surface area contributed by atoms with Gasteiger partial charge in [-0.3, -0.25) is 0 Å². The zero-order chi connectivity index (χ0) is 13.0. The molecule has 0 radical (unpaired) electrons. The molecule has 0 saturated carbocycles. The summed E-state index contributed by atoms with van der Waals surface area (Å²) in [6.45, 7) is 10.2. The van der Waals surface area contributed by atoms with Gasteiger partial charge < -0.3 is 10.5 Å². The molecule has 1 unspecified atom stereocenters. The molecule has 1 aromatic rings. The standard InChI is InChI=1S/C12H20ClN3O/c1-7-9(13)10(14)16(15-7)8-6-11(2,3)17-12(8,4)5/h8H,6,14H2,1-5H3. The van der Waals surface area contributed by atoms with E-state index in [1.165, 1.54) is 0 Å². The molecule has 4 nitrogen and oxygen atoms in total. The van der Waals surface area contributed by atoms with Crippen molar-refractivity contribution in [1.29, 1.82) is 0 Å². The smallest absolute Gasteiger partial charge is 0.141 e. The number of nitrogens with zero attached hydrogens (tertiary/aromatic N) is 2. The van der Waals surface area contributed by atoms with Crippen LogP contribution >= 0.6 is 11.6 Å². The van der Waals surface area contributed by atoms with Crippen molar-refractivity contribution < 1.29 is 4.74 Å². The van der Waals surface area contributed by atoms with Gasteiger partial charge in [0.05, 0.1) is 22.9 Å². The number of anilines is 1. The van der Waals surface area contributed by atoms with Gasteiger partial charge in [0.25, 0.3) is 0 Å². The van der Waals surface area contributed by atoms with Gasteiger partial charge in [-0.2, -0.15) is 5.10 Å². The molecule has 2 N–H and O–H groups in total. The molecule has 17 heavy (non-hydrogen) atoms. The Bertz CT molecular complexity index is 451. The second-order valence-electron chi connectivity index (χ2n) is 5.91. The largest absolute Gasteiger partial charge is 0.383 e. The summed E-state index contributed by atoms with van der Waals surface area (Å²) in [7, 11) is 0. The van der Waals surface area contributed by atoms with E-state index in [2.05, 4.69) is 32.8 Å². The summed E-state index contributed by atoms with van der Waals surface area (Å²) in [5, 5.41) is 4.98. The maximum absolute atomic E-state index is 6.09. The molecule has 2 rings (SSSR count). The molecular formula is C12H20ClN3O. The molecule has 1 aliphatic rings.